The first-order chi connectivity index (χ1) is 14.7. The van der Waals surface area contributed by atoms with Crippen LogP contribution in [0, 0.1) is 0 Å². The molecule has 0 atom stereocenters. The monoisotopic (exact) mass is 472 g/mol. The van der Waals surface area contributed by atoms with Crippen molar-refractivity contribution in [2.75, 3.05) is 51.6 Å². The normalized spacial score (nSPS) is 15.5. The van der Waals surface area contributed by atoms with E-state index in [0.29, 0.717) is 26.2 Å². The minimum absolute atomic E-state index is 0.0214. The number of benzene rings is 1. The van der Waals surface area contributed by atoms with E-state index in [1.54, 1.807) is 16.8 Å². The first kappa shape index (κ1) is 25.6. The SMILES string of the molecule is CCN(CC)C(=O)CN(C)CC(=O)Nc1cc(S(=O)(=O)N2CCCCCC2)ccc1Cl. The summed E-state index contributed by atoms with van der Waals surface area (Å²) in [7, 11) is -1.97. The number of halogens is 1. The van der Waals surface area contributed by atoms with Gasteiger partial charge in [-0.3, -0.25) is 14.5 Å². The average Bonchev–Trinajstić information content (AvgIpc) is 3.00. The lowest BCUT2D eigenvalue weighted by Gasteiger charge is -2.23. The zero-order chi connectivity index (χ0) is 23.0. The Bertz CT molecular complexity index is 866. The third kappa shape index (κ3) is 7.17. The van der Waals surface area contributed by atoms with E-state index in [4.69, 9.17) is 11.6 Å². The van der Waals surface area contributed by atoms with Crippen LogP contribution >= 0.6 is 11.6 Å². The number of sulfonamides is 1. The maximum atomic E-state index is 13.0. The van der Waals surface area contributed by atoms with Gasteiger partial charge in [-0.05, 0) is 51.9 Å². The second-order valence-electron chi connectivity index (χ2n) is 7.75. The fourth-order valence-corrected chi connectivity index (χ4v) is 5.30. The van der Waals surface area contributed by atoms with Gasteiger partial charge in [0.15, 0.2) is 0 Å². The number of likely N-dealkylation sites (N-methyl/N-ethyl adjacent to an activating group) is 2. The number of anilines is 1. The molecule has 1 heterocycles. The highest BCUT2D eigenvalue weighted by Crippen LogP contribution is 2.28. The molecule has 10 heteroatoms. The highest BCUT2D eigenvalue weighted by molar-refractivity contribution is 7.89. The maximum Gasteiger partial charge on any atom is 0.243 e. The predicted octanol–water partition coefficient (Wildman–Crippen LogP) is 2.64. The quantitative estimate of drug-likeness (QED) is 0.596. The van der Waals surface area contributed by atoms with Crippen LogP contribution in [0.2, 0.25) is 5.02 Å². The van der Waals surface area contributed by atoms with E-state index < -0.39 is 10.0 Å². The molecule has 8 nitrogen and oxygen atoms in total. The number of rotatable bonds is 9. The molecule has 1 aromatic carbocycles. The third-order valence-electron chi connectivity index (χ3n) is 5.35. The lowest BCUT2D eigenvalue weighted by molar-refractivity contribution is -0.132. The molecule has 2 amide bonds. The Kier molecular flexibility index (Phi) is 9.74. The van der Waals surface area contributed by atoms with Gasteiger partial charge in [-0.15, -0.1) is 0 Å². The molecule has 0 radical (unpaired) electrons. The lowest BCUT2D eigenvalue weighted by Crippen LogP contribution is -2.41. The van der Waals surface area contributed by atoms with Gasteiger partial charge in [-0.2, -0.15) is 4.31 Å². The lowest BCUT2D eigenvalue weighted by atomic mass is 10.2. The van der Waals surface area contributed by atoms with Gasteiger partial charge < -0.3 is 10.2 Å². The molecule has 0 aromatic heterocycles. The summed E-state index contributed by atoms with van der Waals surface area (Å²) in [5.41, 5.74) is 0.242. The Morgan fingerprint density at radius 2 is 1.68 bits per heavy atom. The van der Waals surface area contributed by atoms with Gasteiger partial charge >= 0.3 is 0 Å². The van der Waals surface area contributed by atoms with Gasteiger partial charge in [0, 0.05) is 26.2 Å². The number of hydrogen-bond donors (Lipinski definition) is 1. The summed E-state index contributed by atoms with van der Waals surface area (Å²) in [5, 5.41) is 2.93. The van der Waals surface area contributed by atoms with E-state index in [9.17, 15) is 18.0 Å². The Hall–Kier alpha value is -1.68. The molecule has 0 saturated carbocycles. The van der Waals surface area contributed by atoms with E-state index in [2.05, 4.69) is 5.32 Å². The van der Waals surface area contributed by atoms with Crippen molar-refractivity contribution in [2.45, 2.75) is 44.4 Å². The van der Waals surface area contributed by atoms with Crippen LogP contribution in [-0.4, -0.2) is 80.7 Å². The zero-order valence-electron chi connectivity index (χ0n) is 18.6. The largest absolute Gasteiger partial charge is 0.342 e. The second kappa shape index (κ2) is 11.8. The highest BCUT2D eigenvalue weighted by Gasteiger charge is 2.26. The highest BCUT2D eigenvalue weighted by atomic mass is 35.5. The van der Waals surface area contributed by atoms with Gasteiger partial charge in [-0.1, -0.05) is 24.4 Å². The molecule has 1 aliphatic rings. The fourth-order valence-electron chi connectivity index (χ4n) is 3.59. The van der Waals surface area contributed by atoms with Crippen molar-refractivity contribution in [3.8, 4) is 0 Å². The maximum absolute atomic E-state index is 13.0. The Labute approximate surface area is 190 Å². The number of carbonyl (C=O) groups excluding carboxylic acids is 2. The standard InChI is InChI=1S/C21H33ClN4O4S/c1-4-25(5-2)21(28)16-24(3)15-20(27)23-19-14-17(10-11-18(19)22)31(29,30)26-12-8-6-7-9-13-26/h10-11,14H,4-9,12-13,15-16H2,1-3H3,(H,23,27). The third-order valence-corrected chi connectivity index (χ3v) is 7.57. The smallest absolute Gasteiger partial charge is 0.243 e. The van der Waals surface area contributed by atoms with Crippen LogP contribution in [0.1, 0.15) is 39.5 Å². The van der Waals surface area contributed by atoms with Gasteiger partial charge in [0.2, 0.25) is 21.8 Å². The van der Waals surface area contributed by atoms with Crippen molar-refractivity contribution in [3.63, 3.8) is 0 Å². The molecule has 1 fully saturated rings. The molecule has 2 rings (SSSR count). The van der Waals surface area contributed by atoms with Crippen molar-refractivity contribution in [3.05, 3.63) is 23.2 Å². The number of hydrogen-bond acceptors (Lipinski definition) is 5. The molecule has 1 N–H and O–H groups in total. The first-order valence-corrected chi connectivity index (χ1v) is 12.6. The Balaban J connectivity index is 2.06. The summed E-state index contributed by atoms with van der Waals surface area (Å²) < 4.78 is 27.6. The van der Waals surface area contributed by atoms with Crippen molar-refractivity contribution >= 4 is 39.1 Å². The summed E-state index contributed by atoms with van der Waals surface area (Å²) in [6, 6.07) is 4.35. The van der Waals surface area contributed by atoms with E-state index in [0.717, 1.165) is 25.7 Å². The number of nitrogens with zero attached hydrogens (tertiary/aromatic N) is 3. The zero-order valence-corrected chi connectivity index (χ0v) is 20.1. The molecule has 0 aliphatic carbocycles. The van der Waals surface area contributed by atoms with Crippen LogP contribution in [-0.2, 0) is 19.6 Å². The fraction of sp³-hybridized carbons (Fsp3) is 0.619. The van der Waals surface area contributed by atoms with E-state index in [1.807, 2.05) is 13.8 Å². The van der Waals surface area contributed by atoms with E-state index in [-0.39, 0.29) is 40.5 Å². The minimum atomic E-state index is -3.65. The molecule has 1 aromatic rings. The van der Waals surface area contributed by atoms with E-state index >= 15 is 0 Å². The molecular weight excluding hydrogens is 440 g/mol. The summed E-state index contributed by atoms with van der Waals surface area (Å²) >= 11 is 6.20. The predicted molar refractivity (Wildman–Crippen MR) is 123 cm³/mol. The molecule has 174 valence electrons. The first-order valence-electron chi connectivity index (χ1n) is 10.7. The molecule has 1 saturated heterocycles. The van der Waals surface area contributed by atoms with Crippen molar-refractivity contribution in [2.24, 2.45) is 0 Å². The molecule has 1 aliphatic heterocycles. The Morgan fingerprint density at radius 1 is 1.06 bits per heavy atom. The molecule has 31 heavy (non-hydrogen) atoms. The Morgan fingerprint density at radius 3 is 2.26 bits per heavy atom. The summed E-state index contributed by atoms with van der Waals surface area (Å²) in [5.74, 6) is -0.426. The van der Waals surface area contributed by atoms with Crippen LogP contribution < -0.4 is 5.32 Å². The van der Waals surface area contributed by atoms with Gasteiger partial charge in [-0.25, -0.2) is 8.42 Å². The van der Waals surface area contributed by atoms with Gasteiger partial charge in [0.25, 0.3) is 0 Å². The van der Waals surface area contributed by atoms with Crippen LogP contribution in [0.3, 0.4) is 0 Å². The van der Waals surface area contributed by atoms with Crippen LogP contribution in [0.25, 0.3) is 0 Å². The molecule has 0 unspecified atom stereocenters. The van der Waals surface area contributed by atoms with Crippen molar-refractivity contribution in [1.82, 2.24) is 14.1 Å². The summed E-state index contributed by atoms with van der Waals surface area (Å²) in [6.07, 6.45) is 3.74. The van der Waals surface area contributed by atoms with Crippen molar-refractivity contribution < 1.29 is 18.0 Å². The topological polar surface area (TPSA) is 90.0 Å². The molecular formula is C21H33ClN4O4S. The van der Waals surface area contributed by atoms with Crippen LogP contribution in [0.4, 0.5) is 5.69 Å². The molecule has 0 spiro atoms. The number of nitrogens with one attached hydrogen (secondary N) is 1. The summed E-state index contributed by atoms with van der Waals surface area (Å²) in [6.45, 7) is 6.13. The van der Waals surface area contributed by atoms with Crippen LogP contribution in [0.15, 0.2) is 23.1 Å². The minimum Gasteiger partial charge on any atom is -0.342 e. The van der Waals surface area contributed by atoms with E-state index in [1.165, 1.54) is 22.5 Å². The van der Waals surface area contributed by atoms with Gasteiger partial charge in [0.05, 0.1) is 28.7 Å². The number of carbonyl (C=O) groups is 2. The van der Waals surface area contributed by atoms with Crippen molar-refractivity contribution in [1.29, 1.82) is 0 Å². The summed E-state index contributed by atoms with van der Waals surface area (Å²) in [4.78, 5) is 28.1. The van der Waals surface area contributed by atoms with Crippen LogP contribution in [0.5, 0.6) is 0 Å². The second-order valence-corrected chi connectivity index (χ2v) is 10.1. The van der Waals surface area contributed by atoms with Gasteiger partial charge in [0.1, 0.15) is 0 Å². The average molecular weight is 473 g/mol. The number of amides is 2. The molecule has 0 bridgehead atoms.